The van der Waals surface area contributed by atoms with Crippen molar-refractivity contribution < 1.29 is 28.6 Å². The number of carbonyl (C=O) groups excluding carboxylic acids is 1. The maximum absolute atomic E-state index is 14.0. The molecule has 1 saturated heterocycles. The third kappa shape index (κ3) is 6.39. The molecule has 37 heavy (non-hydrogen) atoms. The molecule has 0 aromatic heterocycles. The molecule has 1 fully saturated rings. The Kier molecular flexibility index (Phi) is 7.96. The van der Waals surface area contributed by atoms with Crippen LogP contribution < -0.4 is 9.47 Å². The zero-order chi connectivity index (χ0) is 26.4. The summed E-state index contributed by atoms with van der Waals surface area (Å²) < 4.78 is 25.5. The lowest BCUT2D eigenvalue weighted by atomic mass is 9.96. The Morgan fingerprint density at radius 1 is 1.03 bits per heavy atom. The van der Waals surface area contributed by atoms with Gasteiger partial charge in [-0.1, -0.05) is 54.6 Å². The Hall–Kier alpha value is -4.07. The van der Waals surface area contributed by atoms with Crippen LogP contribution in [0.4, 0.5) is 9.18 Å². The van der Waals surface area contributed by atoms with Crippen molar-refractivity contribution in [2.45, 2.75) is 38.0 Å². The normalized spacial score (nSPS) is 16.9. The highest BCUT2D eigenvalue weighted by molar-refractivity contribution is 5.78. The molecule has 1 aliphatic heterocycles. The van der Waals surface area contributed by atoms with Crippen molar-refractivity contribution in [3.63, 3.8) is 0 Å². The van der Waals surface area contributed by atoms with Crippen LogP contribution in [0, 0.1) is 5.82 Å². The van der Waals surface area contributed by atoms with E-state index in [2.05, 4.69) is 0 Å². The zero-order valence-electron chi connectivity index (χ0n) is 21.0. The topological polar surface area (TPSA) is 79.3 Å². The Labute approximate surface area is 216 Å². The van der Waals surface area contributed by atoms with Crippen LogP contribution in [-0.2, 0) is 17.8 Å². The van der Waals surface area contributed by atoms with Gasteiger partial charge in [-0.05, 0) is 42.3 Å². The number of carboxylic acids is 1. The van der Waals surface area contributed by atoms with E-state index in [-0.39, 0.29) is 24.2 Å². The monoisotopic (exact) mass is 506 g/mol. The summed E-state index contributed by atoms with van der Waals surface area (Å²) in [6, 6.07) is 22.8. The molecule has 3 aromatic rings. The van der Waals surface area contributed by atoms with E-state index in [0.717, 1.165) is 5.56 Å². The van der Waals surface area contributed by atoms with Crippen LogP contribution in [-0.4, -0.2) is 58.7 Å². The number of nitrogens with zero attached hydrogens (tertiary/aromatic N) is 2. The van der Waals surface area contributed by atoms with Crippen LogP contribution >= 0.6 is 0 Å². The molecule has 8 heteroatoms. The van der Waals surface area contributed by atoms with E-state index in [1.54, 1.807) is 35.2 Å². The van der Waals surface area contributed by atoms with E-state index in [0.29, 0.717) is 37.4 Å². The molecule has 1 N–H and O–H groups in total. The molecular formula is C29H31FN2O5. The first kappa shape index (κ1) is 26.0. The van der Waals surface area contributed by atoms with E-state index in [9.17, 15) is 19.1 Å². The predicted molar refractivity (Wildman–Crippen MR) is 137 cm³/mol. The molecule has 2 atom stereocenters. The standard InChI is InChI=1S/C29H31FN2O5/c1-29(27(33)34,37-26-11-7-6-10-25(26)30)18-21-12-14-24(15-13-21)36-17-16-23-20-32(28(35)31(23)2)19-22-8-4-3-5-9-22/h3-15,23H,16-20H2,1-2H3,(H,33,34). The van der Waals surface area contributed by atoms with Crippen molar-refractivity contribution in [2.24, 2.45) is 0 Å². The van der Waals surface area contributed by atoms with Crippen LogP contribution in [0.5, 0.6) is 11.5 Å². The van der Waals surface area contributed by atoms with Gasteiger partial charge in [0.15, 0.2) is 11.6 Å². The number of urea groups is 1. The van der Waals surface area contributed by atoms with E-state index in [1.165, 1.54) is 25.1 Å². The van der Waals surface area contributed by atoms with Crippen LogP contribution in [0.2, 0.25) is 0 Å². The fraction of sp³-hybridized carbons (Fsp3) is 0.310. The first-order valence-corrected chi connectivity index (χ1v) is 12.2. The van der Waals surface area contributed by atoms with E-state index in [1.807, 2.05) is 42.3 Å². The maximum atomic E-state index is 14.0. The zero-order valence-corrected chi connectivity index (χ0v) is 21.0. The third-order valence-corrected chi connectivity index (χ3v) is 6.58. The lowest BCUT2D eigenvalue weighted by Gasteiger charge is -2.26. The van der Waals surface area contributed by atoms with Gasteiger partial charge in [-0.3, -0.25) is 0 Å². The van der Waals surface area contributed by atoms with Gasteiger partial charge in [0, 0.05) is 33.0 Å². The first-order chi connectivity index (χ1) is 17.7. The summed E-state index contributed by atoms with van der Waals surface area (Å²) in [7, 11) is 1.82. The number of ether oxygens (including phenoxy) is 2. The van der Waals surface area contributed by atoms with Crippen molar-refractivity contribution in [3.05, 3.63) is 95.8 Å². The predicted octanol–water partition coefficient (Wildman–Crippen LogP) is 5.00. The molecule has 0 saturated carbocycles. The van der Waals surface area contributed by atoms with Gasteiger partial charge in [-0.15, -0.1) is 0 Å². The molecule has 3 aromatic carbocycles. The molecule has 2 amide bonds. The summed E-state index contributed by atoms with van der Waals surface area (Å²) in [5, 5.41) is 9.76. The largest absolute Gasteiger partial charge is 0.494 e. The summed E-state index contributed by atoms with van der Waals surface area (Å²) in [5.74, 6) is -1.27. The first-order valence-electron chi connectivity index (χ1n) is 12.2. The number of amides is 2. The van der Waals surface area contributed by atoms with Crippen LogP contribution in [0.1, 0.15) is 24.5 Å². The number of hydrogen-bond donors (Lipinski definition) is 1. The summed E-state index contributed by atoms with van der Waals surface area (Å²) in [6.45, 7) is 3.08. The quantitative estimate of drug-likeness (QED) is 0.396. The molecule has 1 heterocycles. The number of para-hydroxylation sites is 1. The average Bonchev–Trinajstić information content (AvgIpc) is 3.15. The number of aliphatic carboxylic acids is 1. The fourth-order valence-corrected chi connectivity index (χ4v) is 4.39. The summed E-state index contributed by atoms with van der Waals surface area (Å²) in [6.07, 6.45) is 0.728. The highest BCUT2D eigenvalue weighted by Crippen LogP contribution is 2.26. The van der Waals surface area contributed by atoms with Crippen LogP contribution in [0.15, 0.2) is 78.9 Å². The van der Waals surface area contributed by atoms with Crippen molar-refractivity contribution in [1.29, 1.82) is 0 Å². The molecule has 2 unspecified atom stereocenters. The van der Waals surface area contributed by atoms with E-state index < -0.39 is 17.4 Å². The second-order valence-corrected chi connectivity index (χ2v) is 9.44. The average molecular weight is 507 g/mol. The van der Waals surface area contributed by atoms with Gasteiger partial charge in [0.05, 0.1) is 12.6 Å². The van der Waals surface area contributed by atoms with Crippen LogP contribution in [0.25, 0.3) is 0 Å². The van der Waals surface area contributed by atoms with E-state index in [4.69, 9.17) is 9.47 Å². The summed E-state index contributed by atoms with van der Waals surface area (Å²) >= 11 is 0. The number of likely N-dealkylation sites (N-methyl/N-ethyl adjacent to an activating group) is 1. The van der Waals surface area contributed by atoms with Crippen LogP contribution in [0.3, 0.4) is 0 Å². The minimum atomic E-state index is -1.64. The molecular weight excluding hydrogens is 475 g/mol. The summed E-state index contributed by atoms with van der Waals surface area (Å²) in [4.78, 5) is 28.2. The highest BCUT2D eigenvalue weighted by atomic mass is 19.1. The third-order valence-electron chi connectivity index (χ3n) is 6.58. The lowest BCUT2D eigenvalue weighted by Crippen LogP contribution is -2.43. The number of carboxylic acid groups (broad SMARTS) is 1. The smallest absolute Gasteiger partial charge is 0.348 e. The van der Waals surface area contributed by atoms with Gasteiger partial charge in [0.2, 0.25) is 5.60 Å². The van der Waals surface area contributed by atoms with Gasteiger partial charge in [0.25, 0.3) is 0 Å². The van der Waals surface area contributed by atoms with Crippen molar-refractivity contribution >= 4 is 12.0 Å². The van der Waals surface area contributed by atoms with Gasteiger partial charge in [-0.25, -0.2) is 14.0 Å². The Morgan fingerprint density at radius 3 is 2.38 bits per heavy atom. The molecule has 1 aliphatic rings. The van der Waals surface area contributed by atoms with Gasteiger partial charge < -0.3 is 24.4 Å². The number of hydrogen-bond acceptors (Lipinski definition) is 4. The second kappa shape index (κ2) is 11.3. The van der Waals surface area contributed by atoms with E-state index >= 15 is 0 Å². The Morgan fingerprint density at radius 2 is 1.70 bits per heavy atom. The Balaban J connectivity index is 1.29. The second-order valence-electron chi connectivity index (χ2n) is 9.44. The van der Waals surface area contributed by atoms with Crippen molar-refractivity contribution in [2.75, 3.05) is 20.2 Å². The van der Waals surface area contributed by atoms with Gasteiger partial charge >= 0.3 is 12.0 Å². The SMILES string of the molecule is CN1C(=O)N(Cc2ccccc2)CC1CCOc1ccc(CC(C)(Oc2ccccc2F)C(=O)O)cc1. The Bertz CT molecular complexity index is 1220. The lowest BCUT2D eigenvalue weighted by molar-refractivity contribution is -0.153. The van der Waals surface area contributed by atoms with Crippen molar-refractivity contribution in [3.8, 4) is 11.5 Å². The molecule has 4 rings (SSSR count). The summed E-state index contributed by atoms with van der Waals surface area (Å²) in [5.41, 5.74) is 0.168. The molecule has 194 valence electrons. The minimum Gasteiger partial charge on any atom is -0.494 e. The van der Waals surface area contributed by atoms with Gasteiger partial charge in [-0.2, -0.15) is 0 Å². The number of rotatable bonds is 11. The number of halogens is 1. The van der Waals surface area contributed by atoms with Gasteiger partial charge in [0.1, 0.15) is 5.75 Å². The minimum absolute atomic E-state index is 0.0114. The maximum Gasteiger partial charge on any atom is 0.348 e. The van der Waals surface area contributed by atoms with Crippen molar-refractivity contribution in [1.82, 2.24) is 9.80 Å². The highest BCUT2D eigenvalue weighted by Gasteiger charge is 2.37. The fourth-order valence-electron chi connectivity index (χ4n) is 4.39. The molecule has 0 radical (unpaired) electrons. The molecule has 0 aliphatic carbocycles. The number of carbonyl (C=O) groups is 2. The molecule has 0 bridgehead atoms. The number of benzene rings is 3. The molecule has 7 nitrogen and oxygen atoms in total. The molecule has 0 spiro atoms.